The number of alkyl halides is 3. The maximum Gasteiger partial charge on any atom is 0.417 e. The van der Waals surface area contributed by atoms with Gasteiger partial charge in [0.15, 0.2) is 0 Å². The average molecular weight is 491 g/mol. The van der Waals surface area contributed by atoms with E-state index >= 15 is 0 Å². The normalized spacial score (nSPS) is 11.1. The standard InChI is InChI=1S/C26H16F7NO/c1-2-7-35-14-16-9-22(27)19(23(28)10-16)6-4-15-3-5-18(21(8-15)26(31,32)33)17-11-24(29)20(13-34)25(30)12-17/h3,5,8-12H,2,7,14H2,1H3. The largest absolute Gasteiger partial charge is 0.417 e. The summed E-state index contributed by atoms with van der Waals surface area (Å²) in [6, 6.07) is 7.26. The van der Waals surface area contributed by atoms with Gasteiger partial charge in [0.2, 0.25) is 0 Å². The van der Waals surface area contributed by atoms with E-state index in [1.54, 1.807) is 0 Å². The molecule has 0 heterocycles. The molecule has 0 N–H and O–H groups in total. The first kappa shape index (κ1) is 25.8. The number of halogens is 7. The molecule has 2 nitrogen and oxygen atoms in total. The lowest BCUT2D eigenvalue weighted by Crippen LogP contribution is -2.08. The summed E-state index contributed by atoms with van der Waals surface area (Å²) in [4.78, 5) is 0. The molecule has 0 saturated carbocycles. The molecule has 0 unspecified atom stereocenters. The Hall–Kier alpha value is -3.82. The fourth-order valence-electron chi connectivity index (χ4n) is 3.24. The van der Waals surface area contributed by atoms with Gasteiger partial charge in [-0.25, -0.2) is 17.6 Å². The van der Waals surface area contributed by atoms with E-state index in [4.69, 9.17) is 10.00 Å². The third kappa shape index (κ3) is 6.00. The molecule has 0 aliphatic rings. The van der Waals surface area contributed by atoms with Crippen LogP contribution in [-0.4, -0.2) is 6.61 Å². The molecule has 0 saturated heterocycles. The second kappa shape index (κ2) is 10.6. The monoisotopic (exact) mass is 491 g/mol. The maximum absolute atomic E-state index is 14.3. The Morgan fingerprint density at radius 1 is 0.829 bits per heavy atom. The first-order valence-corrected chi connectivity index (χ1v) is 10.2. The predicted octanol–water partition coefficient (Wildman–Crippen LogP) is 7.13. The maximum atomic E-state index is 14.3. The summed E-state index contributed by atoms with van der Waals surface area (Å²) < 4.78 is 103. The summed E-state index contributed by atoms with van der Waals surface area (Å²) in [5, 5.41) is 8.75. The van der Waals surface area contributed by atoms with Gasteiger partial charge in [0.05, 0.1) is 17.7 Å². The van der Waals surface area contributed by atoms with Gasteiger partial charge in [0.25, 0.3) is 0 Å². The van der Waals surface area contributed by atoms with Crippen molar-refractivity contribution in [1.29, 1.82) is 5.26 Å². The molecule has 9 heteroatoms. The van der Waals surface area contributed by atoms with Crippen LogP contribution in [0, 0.1) is 46.4 Å². The molecule has 0 atom stereocenters. The van der Waals surface area contributed by atoms with Gasteiger partial charge >= 0.3 is 6.18 Å². The highest BCUT2D eigenvalue weighted by Crippen LogP contribution is 2.38. The van der Waals surface area contributed by atoms with E-state index in [-0.39, 0.29) is 17.7 Å². The number of hydrogen-bond acceptors (Lipinski definition) is 2. The summed E-state index contributed by atoms with van der Waals surface area (Å²) >= 11 is 0. The highest BCUT2D eigenvalue weighted by molar-refractivity contribution is 5.70. The summed E-state index contributed by atoms with van der Waals surface area (Å²) in [7, 11) is 0. The SMILES string of the molecule is CCCOCc1cc(F)c(C#Cc2ccc(-c3cc(F)c(C#N)c(F)c3)c(C(F)(F)F)c2)c(F)c1. The molecular weight excluding hydrogens is 475 g/mol. The molecule has 180 valence electrons. The zero-order valence-electron chi connectivity index (χ0n) is 18.2. The van der Waals surface area contributed by atoms with Crippen molar-refractivity contribution in [3.8, 4) is 29.0 Å². The van der Waals surface area contributed by atoms with E-state index in [0.717, 1.165) is 30.7 Å². The molecule has 0 aromatic heterocycles. The van der Waals surface area contributed by atoms with Crippen LogP contribution in [0.1, 0.15) is 41.2 Å². The minimum absolute atomic E-state index is 0.0116. The molecular formula is C26H16F7NO. The van der Waals surface area contributed by atoms with Gasteiger partial charge in [-0.1, -0.05) is 24.8 Å². The average Bonchev–Trinajstić information content (AvgIpc) is 2.78. The Morgan fingerprint density at radius 3 is 1.97 bits per heavy atom. The summed E-state index contributed by atoms with van der Waals surface area (Å²) in [5.41, 5.74) is -3.80. The van der Waals surface area contributed by atoms with Crippen molar-refractivity contribution in [3.63, 3.8) is 0 Å². The van der Waals surface area contributed by atoms with Crippen LogP contribution in [0.5, 0.6) is 0 Å². The van der Waals surface area contributed by atoms with Gasteiger partial charge in [-0.2, -0.15) is 18.4 Å². The third-order valence-corrected chi connectivity index (χ3v) is 4.84. The highest BCUT2D eigenvalue weighted by atomic mass is 19.4. The Labute approximate surface area is 196 Å². The van der Waals surface area contributed by atoms with Crippen LogP contribution < -0.4 is 0 Å². The number of ether oxygens (including phenoxy) is 1. The molecule has 3 aromatic carbocycles. The number of benzene rings is 3. The van der Waals surface area contributed by atoms with E-state index in [9.17, 15) is 30.7 Å². The molecule has 0 radical (unpaired) electrons. The Bertz CT molecular complexity index is 1310. The smallest absolute Gasteiger partial charge is 0.377 e. The van der Waals surface area contributed by atoms with Crippen LogP contribution in [0.4, 0.5) is 30.7 Å². The van der Waals surface area contributed by atoms with Crippen molar-refractivity contribution >= 4 is 0 Å². The van der Waals surface area contributed by atoms with Crippen LogP contribution in [0.2, 0.25) is 0 Å². The molecule has 0 spiro atoms. The molecule has 0 aliphatic heterocycles. The second-order valence-corrected chi connectivity index (χ2v) is 7.42. The van der Waals surface area contributed by atoms with Crippen molar-refractivity contribution in [3.05, 3.63) is 93.6 Å². The Morgan fingerprint density at radius 2 is 1.43 bits per heavy atom. The molecule has 35 heavy (non-hydrogen) atoms. The molecule has 0 fully saturated rings. The highest BCUT2D eigenvalue weighted by Gasteiger charge is 2.34. The van der Waals surface area contributed by atoms with Gasteiger partial charge in [-0.3, -0.25) is 0 Å². The van der Waals surface area contributed by atoms with Crippen LogP contribution >= 0.6 is 0 Å². The van der Waals surface area contributed by atoms with Crippen molar-refractivity contribution in [2.24, 2.45) is 0 Å². The molecule has 0 bridgehead atoms. The first-order chi connectivity index (χ1) is 16.5. The van der Waals surface area contributed by atoms with E-state index in [1.807, 2.05) is 6.92 Å². The quantitative estimate of drug-likeness (QED) is 0.216. The lowest BCUT2D eigenvalue weighted by atomic mass is 9.96. The minimum Gasteiger partial charge on any atom is -0.377 e. The topological polar surface area (TPSA) is 33.0 Å². The van der Waals surface area contributed by atoms with Gasteiger partial charge in [-0.15, -0.1) is 0 Å². The fourth-order valence-corrected chi connectivity index (χ4v) is 3.24. The molecule has 0 amide bonds. The molecule has 3 rings (SSSR count). The number of nitrogens with zero attached hydrogens (tertiary/aromatic N) is 1. The first-order valence-electron chi connectivity index (χ1n) is 10.2. The Kier molecular flexibility index (Phi) is 7.83. The lowest BCUT2D eigenvalue weighted by molar-refractivity contribution is -0.137. The van der Waals surface area contributed by atoms with Crippen LogP contribution in [-0.2, 0) is 17.5 Å². The van der Waals surface area contributed by atoms with E-state index in [0.29, 0.717) is 24.8 Å². The van der Waals surface area contributed by atoms with Gasteiger partial charge in [-0.05, 0) is 59.5 Å². The summed E-state index contributed by atoms with van der Waals surface area (Å²) in [6.07, 6.45) is -4.22. The predicted molar refractivity (Wildman–Crippen MR) is 114 cm³/mol. The molecule has 3 aromatic rings. The fraction of sp³-hybridized carbons (Fsp3) is 0.192. The third-order valence-electron chi connectivity index (χ3n) is 4.84. The van der Waals surface area contributed by atoms with Gasteiger partial charge in [0, 0.05) is 12.2 Å². The number of rotatable bonds is 5. The second-order valence-electron chi connectivity index (χ2n) is 7.42. The minimum atomic E-state index is -4.94. The number of nitriles is 1. The van der Waals surface area contributed by atoms with Crippen molar-refractivity contribution in [1.82, 2.24) is 0 Å². The van der Waals surface area contributed by atoms with Crippen LogP contribution in [0.3, 0.4) is 0 Å². The lowest BCUT2D eigenvalue weighted by Gasteiger charge is -2.14. The zero-order valence-corrected chi connectivity index (χ0v) is 18.2. The Balaban J connectivity index is 2.01. The zero-order chi connectivity index (χ0) is 25.8. The van der Waals surface area contributed by atoms with E-state index in [2.05, 4.69) is 11.8 Å². The summed E-state index contributed by atoms with van der Waals surface area (Å²) in [6.45, 7) is 2.27. The van der Waals surface area contributed by atoms with Crippen molar-refractivity contribution < 1.29 is 35.5 Å². The van der Waals surface area contributed by atoms with E-state index < -0.39 is 57.3 Å². The summed E-state index contributed by atoms with van der Waals surface area (Å²) in [5.74, 6) is -0.122. The van der Waals surface area contributed by atoms with Gasteiger partial charge < -0.3 is 4.74 Å². The van der Waals surface area contributed by atoms with Crippen LogP contribution in [0.15, 0.2) is 42.5 Å². The van der Waals surface area contributed by atoms with Gasteiger partial charge in [0.1, 0.15) is 34.9 Å². The number of hydrogen-bond donors (Lipinski definition) is 0. The van der Waals surface area contributed by atoms with E-state index in [1.165, 1.54) is 6.07 Å². The van der Waals surface area contributed by atoms with Crippen molar-refractivity contribution in [2.45, 2.75) is 26.1 Å². The van der Waals surface area contributed by atoms with Crippen LogP contribution in [0.25, 0.3) is 11.1 Å². The molecule has 0 aliphatic carbocycles. The van der Waals surface area contributed by atoms with Crippen molar-refractivity contribution in [2.75, 3.05) is 6.61 Å².